The summed E-state index contributed by atoms with van der Waals surface area (Å²) in [5, 5.41) is 14.6. The van der Waals surface area contributed by atoms with E-state index >= 15 is 0 Å². The summed E-state index contributed by atoms with van der Waals surface area (Å²) in [6.07, 6.45) is 1.56. The molecule has 0 saturated carbocycles. The number of hydrogen-bond acceptors (Lipinski definition) is 3. The molecule has 4 nitrogen and oxygen atoms in total. The molecule has 0 spiro atoms. The number of nitriles is 1. The molecule has 0 aliphatic heterocycles. The maximum atomic E-state index is 12.6. The van der Waals surface area contributed by atoms with Crippen LogP contribution in [0.3, 0.4) is 0 Å². The van der Waals surface area contributed by atoms with Crippen molar-refractivity contribution in [2.24, 2.45) is 0 Å². The van der Waals surface area contributed by atoms with E-state index in [-0.39, 0.29) is 5.57 Å². The molecule has 1 amide bonds. The van der Waals surface area contributed by atoms with E-state index in [2.05, 4.69) is 45.5 Å². The van der Waals surface area contributed by atoms with Gasteiger partial charge in [0.1, 0.15) is 24.0 Å². The monoisotopic (exact) mass is 496 g/mol. The van der Waals surface area contributed by atoms with E-state index in [1.54, 1.807) is 12.1 Å². The molecule has 0 fully saturated rings. The molecule has 0 unspecified atom stereocenters. The van der Waals surface area contributed by atoms with E-state index in [9.17, 15) is 10.1 Å². The zero-order chi connectivity index (χ0) is 23.2. The lowest BCUT2D eigenvalue weighted by Gasteiger charge is -2.11. The Morgan fingerprint density at radius 1 is 1.03 bits per heavy atom. The zero-order valence-corrected chi connectivity index (χ0v) is 19.6. The van der Waals surface area contributed by atoms with E-state index in [4.69, 9.17) is 4.74 Å². The summed E-state index contributed by atoms with van der Waals surface area (Å²) in [6.45, 7) is 2.33. The molecule has 4 rings (SSSR count). The van der Waals surface area contributed by atoms with E-state index in [1.165, 1.54) is 5.39 Å². The number of carbonyl (C=O) groups is 1. The first-order valence-corrected chi connectivity index (χ1v) is 11.2. The lowest BCUT2D eigenvalue weighted by Crippen LogP contribution is -2.14. The fourth-order valence-corrected chi connectivity index (χ4v) is 4.03. The first-order valence-electron chi connectivity index (χ1n) is 10.4. The van der Waals surface area contributed by atoms with Crippen LogP contribution in [0.2, 0.25) is 0 Å². The molecule has 0 radical (unpaired) electrons. The van der Waals surface area contributed by atoms with Crippen LogP contribution in [-0.4, -0.2) is 5.91 Å². The predicted octanol–water partition coefficient (Wildman–Crippen LogP) is 7.04. The number of hydrogen-bond donors (Lipinski definition) is 1. The summed E-state index contributed by atoms with van der Waals surface area (Å²) < 4.78 is 6.79. The van der Waals surface area contributed by atoms with Gasteiger partial charge in [0.2, 0.25) is 0 Å². The van der Waals surface area contributed by atoms with Gasteiger partial charge in [-0.05, 0) is 74.6 Å². The lowest BCUT2D eigenvalue weighted by atomic mass is 10.1. The van der Waals surface area contributed by atoms with Gasteiger partial charge < -0.3 is 10.1 Å². The minimum atomic E-state index is -0.445. The first kappa shape index (κ1) is 22.3. The number of carbonyl (C=O) groups excluding carboxylic acids is 1. The Labute approximate surface area is 201 Å². The Hall–Kier alpha value is -3.88. The van der Waals surface area contributed by atoms with Gasteiger partial charge >= 0.3 is 0 Å². The van der Waals surface area contributed by atoms with Gasteiger partial charge in [-0.15, -0.1) is 0 Å². The van der Waals surface area contributed by atoms with Crippen LogP contribution >= 0.6 is 15.9 Å². The molecular weight excluding hydrogens is 476 g/mol. The molecule has 0 aliphatic carbocycles. The smallest absolute Gasteiger partial charge is 0.266 e. The van der Waals surface area contributed by atoms with Crippen molar-refractivity contribution in [1.82, 2.24) is 0 Å². The van der Waals surface area contributed by atoms with Crippen LogP contribution in [0.4, 0.5) is 5.69 Å². The SMILES string of the molecule is Cc1ccccc1NC(=O)/C(C#N)=C\c1ccc(OCc2cccc3ccccc23)c(Br)c1. The third kappa shape index (κ3) is 5.31. The van der Waals surface area contributed by atoms with Crippen molar-refractivity contribution < 1.29 is 9.53 Å². The number of amides is 1. The van der Waals surface area contributed by atoms with Gasteiger partial charge in [0.25, 0.3) is 5.91 Å². The second-order valence-corrected chi connectivity index (χ2v) is 8.41. The van der Waals surface area contributed by atoms with E-state index in [0.29, 0.717) is 18.0 Å². The van der Waals surface area contributed by atoms with Gasteiger partial charge in [-0.3, -0.25) is 4.79 Å². The number of nitrogens with zero attached hydrogens (tertiary/aromatic N) is 1. The average Bonchev–Trinajstić information content (AvgIpc) is 2.83. The van der Waals surface area contributed by atoms with Gasteiger partial charge in [-0.25, -0.2) is 0 Å². The Morgan fingerprint density at radius 3 is 2.58 bits per heavy atom. The number of ether oxygens (including phenoxy) is 1. The summed E-state index contributed by atoms with van der Waals surface area (Å²) in [5.74, 6) is 0.238. The molecule has 5 heteroatoms. The minimum Gasteiger partial charge on any atom is -0.488 e. The largest absolute Gasteiger partial charge is 0.488 e. The second-order valence-electron chi connectivity index (χ2n) is 7.56. The molecule has 0 saturated heterocycles. The number of rotatable bonds is 6. The third-order valence-corrected chi connectivity index (χ3v) is 5.91. The number of benzene rings is 4. The summed E-state index contributed by atoms with van der Waals surface area (Å²) in [7, 11) is 0. The molecule has 0 aromatic heterocycles. The van der Waals surface area contributed by atoms with Gasteiger partial charge in [0.05, 0.1) is 4.47 Å². The Kier molecular flexibility index (Phi) is 6.87. The summed E-state index contributed by atoms with van der Waals surface area (Å²) in [4.78, 5) is 12.6. The van der Waals surface area contributed by atoms with E-state index in [0.717, 1.165) is 26.5 Å². The van der Waals surface area contributed by atoms with E-state index < -0.39 is 5.91 Å². The minimum absolute atomic E-state index is 0.0228. The summed E-state index contributed by atoms with van der Waals surface area (Å²) in [5.41, 5.74) is 3.45. The van der Waals surface area contributed by atoms with Crippen LogP contribution in [0.25, 0.3) is 16.8 Å². The molecule has 4 aromatic rings. The number of aryl methyl sites for hydroxylation is 1. The van der Waals surface area contributed by atoms with E-state index in [1.807, 2.05) is 67.6 Å². The molecule has 162 valence electrons. The highest BCUT2D eigenvalue weighted by Crippen LogP contribution is 2.29. The van der Waals surface area contributed by atoms with Crippen LogP contribution in [0.15, 0.2) is 95.0 Å². The number of para-hydroxylation sites is 1. The van der Waals surface area contributed by atoms with Gasteiger partial charge in [-0.2, -0.15) is 5.26 Å². The van der Waals surface area contributed by atoms with Gasteiger partial charge in [0, 0.05) is 5.69 Å². The standard InChI is InChI=1S/C28H21BrN2O2/c1-19-7-2-5-12-26(19)31-28(32)23(17-30)15-20-13-14-27(25(29)16-20)33-18-22-10-6-9-21-8-3-4-11-24(21)22/h2-16H,18H2,1H3,(H,31,32)/b23-15-. The first-order chi connectivity index (χ1) is 16.0. The maximum absolute atomic E-state index is 12.6. The fourth-order valence-electron chi connectivity index (χ4n) is 3.52. The fraction of sp³-hybridized carbons (Fsp3) is 0.0714. The Morgan fingerprint density at radius 2 is 1.79 bits per heavy atom. The topological polar surface area (TPSA) is 62.1 Å². The quantitative estimate of drug-likeness (QED) is 0.230. The van der Waals surface area contributed by atoms with Crippen molar-refractivity contribution in [3.8, 4) is 11.8 Å². The number of fused-ring (bicyclic) bond motifs is 1. The van der Waals surface area contributed by atoms with Crippen LogP contribution < -0.4 is 10.1 Å². The Balaban J connectivity index is 1.49. The average molecular weight is 497 g/mol. The van der Waals surface area contributed by atoms with Crippen molar-refractivity contribution >= 4 is 44.4 Å². The predicted molar refractivity (Wildman–Crippen MR) is 136 cm³/mol. The molecule has 0 bridgehead atoms. The van der Waals surface area contributed by atoms with Crippen LogP contribution in [0.5, 0.6) is 5.75 Å². The summed E-state index contributed by atoms with van der Waals surface area (Å²) in [6, 6.07) is 29.3. The van der Waals surface area contributed by atoms with Crippen molar-refractivity contribution in [1.29, 1.82) is 5.26 Å². The van der Waals surface area contributed by atoms with Crippen molar-refractivity contribution in [2.45, 2.75) is 13.5 Å². The van der Waals surface area contributed by atoms with Crippen LogP contribution in [0.1, 0.15) is 16.7 Å². The van der Waals surface area contributed by atoms with Crippen LogP contribution in [-0.2, 0) is 11.4 Å². The maximum Gasteiger partial charge on any atom is 0.266 e. The van der Waals surface area contributed by atoms with Gasteiger partial charge in [-0.1, -0.05) is 66.7 Å². The highest BCUT2D eigenvalue weighted by atomic mass is 79.9. The molecule has 0 aliphatic rings. The normalized spacial score (nSPS) is 11.1. The van der Waals surface area contributed by atoms with Gasteiger partial charge in [0.15, 0.2) is 0 Å². The zero-order valence-electron chi connectivity index (χ0n) is 18.0. The molecule has 4 aromatic carbocycles. The van der Waals surface area contributed by atoms with Crippen molar-refractivity contribution in [2.75, 3.05) is 5.32 Å². The highest BCUT2D eigenvalue weighted by Gasteiger charge is 2.12. The highest BCUT2D eigenvalue weighted by molar-refractivity contribution is 9.10. The molecule has 1 N–H and O–H groups in total. The number of nitrogens with one attached hydrogen (secondary N) is 1. The van der Waals surface area contributed by atoms with Crippen LogP contribution in [0, 0.1) is 18.3 Å². The van der Waals surface area contributed by atoms with Crippen molar-refractivity contribution in [3.63, 3.8) is 0 Å². The second kappa shape index (κ2) is 10.2. The number of anilines is 1. The summed E-state index contributed by atoms with van der Waals surface area (Å²) >= 11 is 3.54. The molecule has 0 atom stereocenters. The molecule has 0 heterocycles. The molecule has 33 heavy (non-hydrogen) atoms. The number of halogens is 1. The third-order valence-electron chi connectivity index (χ3n) is 5.29. The lowest BCUT2D eigenvalue weighted by molar-refractivity contribution is -0.112. The van der Waals surface area contributed by atoms with Crippen molar-refractivity contribution in [3.05, 3.63) is 112 Å². The Bertz CT molecular complexity index is 1400. The molecular formula is C28H21BrN2O2.